The summed E-state index contributed by atoms with van der Waals surface area (Å²) in [6.45, 7) is 2.98. The quantitative estimate of drug-likeness (QED) is 0.754. The number of hydrogen-bond acceptors (Lipinski definition) is 3. The molecule has 29 heavy (non-hydrogen) atoms. The summed E-state index contributed by atoms with van der Waals surface area (Å²) in [5.74, 6) is 0.868. The molecule has 4 rings (SSSR count). The summed E-state index contributed by atoms with van der Waals surface area (Å²) in [6.07, 6.45) is 6.34. The van der Waals surface area contributed by atoms with Crippen molar-refractivity contribution in [1.82, 2.24) is 14.8 Å². The standard InChI is InChI=1S/C22H26ClN3O2.ClH/c23-20-4-2-1-3-17(20)14-26-15-18(7-8-21(26)27)22(28)25-11-9-19(10-12-25)24-13-16-5-6-16;/h1-4,7-8,15-16,19,24H,5-6,9-14H2;1H. The van der Waals surface area contributed by atoms with Crippen LogP contribution in [0.2, 0.25) is 5.02 Å². The van der Waals surface area contributed by atoms with Gasteiger partial charge >= 0.3 is 0 Å². The van der Waals surface area contributed by atoms with E-state index in [-0.39, 0.29) is 23.9 Å². The van der Waals surface area contributed by atoms with E-state index in [4.69, 9.17) is 11.6 Å². The van der Waals surface area contributed by atoms with Gasteiger partial charge in [-0.15, -0.1) is 12.4 Å². The van der Waals surface area contributed by atoms with Gasteiger partial charge in [0.05, 0.1) is 12.1 Å². The number of benzene rings is 1. The lowest BCUT2D eigenvalue weighted by molar-refractivity contribution is 0.0704. The lowest BCUT2D eigenvalue weighted by Gasteiger charge is -2.32. The number of pyridine rings is 1. The van der Waals surface area contributed by atoms with Gasteiger partial charge < -0.3 is 14.8 Å². The molecule has 1 N–H and O–H groups in total. The van der Waals surface area contributed by atoms with Crippen LogP contribution in [0.25, 0.3) is 0 Å². The minimum absolute atomic E-state index is 0. The van der Waals surface area contributed by atoms with Gasteiger partial charge in [-0.25, -0.2) is 0 Å². The number of hydrogen-bond donors (Lipinski definition) is 1. The maximum Gasteiger partial charge on any atom is 0.255 e. The lowest BCUT2D eigenvalue weighted by Crippen LogP contribution is -2.45. The molecule has 7 heteroatoms. The van der Waals surface area contributed by atoms with E-state index in [1.807, 2.05) is 23.1 Å². The molecule has 1 amide bonds. The average molecular weight is 436 g/mol. The first-order valence-corrected chi connectivity index (χ1v) is 10.4. The third-order valence-corrected chi connectivity index (χ3v) is 6.07. The predicted octanol–water partition coefficient (Wildman–Crippen LogP) is 3.58. The summed E-state index contributed by atoms with van der Waals surface area (Å²) in [4.78, 5) is 27.1. The van der Waals surface area contributed by atoms with E-state index in [0.29, 0.717) is 23.2 Å². The lowest BCUT2D eigenvalue weighted by atomic mass is 10.0. The number of nitrogens with zero attached hydrogens (tertiary/aromatic N) is 2. The van der Waals surface area contributed by atoms with Crippen LogP contribution in [-0.2, 0) is 6.54 Å². The van der Waals surface area contributed by atoms with Crippen LogP contribution in [0.15, 0.2) is 47.4 Å². The highest BCUT2D eigenvalue weighted by atomic mass is 35.5. The first kappa shape index (κ1) is 21.9. The monoisotopic (exact) mass is 435 g/mol. The highest BCUT2D eigenvalue weighted by Gasteiger charge is 2.26. The zero-order chi connectivity index (χ0) is 19.5. The van der Waals surface area contributed by atoms with E-state index >= 15 is 0 Å². The topological polar surface area (TPSA) is 54.3 Å². The Hall–Kier alpha value is -1.82. The fourth-order valence-electron chi connectivity index (χ4n) is 3.72. The Morgan fingerprint density at radius 3 is 2.48 bits per heavy atom. The molecular formula is C22H27Cl2N3O2. The van der Waals surface area contributed by atoms with Gasteiger partial charge in [-0.1, -0.05) is 29.8 Å². The molecule has 1 saturated carbocycles. The van der Waals surface area contributed by atoms with Crippen molar-refractivity contribution in [2.75, 3.05) is 19.6 Å². The second-order valence-corrected chi connectivity index (χ2v) is 8.30. The van der Waals surface area contributed by atoms with Gasteiger partial charge in [0.25, 0.3) is 11.5 Å². The molecule has 0 spiro atoms. The van der Waals surface area contributed by atoms with Gasteiger partial charge in [0, 0.05) is 36.4 Å². The second-order valence-electron chi connectivity index (χ2n) is 7.89. The molecule has 2 aromatic rings. The molecule has 0 atom stereocenters. The van der Waals surface area contributed by atoms with E-state index in [1.54, 1.807) is 22.9 Å². The predicted molar refractivity (Wildman–Crippen MR) is 118 cm³/mol. The fraction of sp³-hybridized carbons (Fsp3) is 0.455. The molecule has 1 aromatic heterocycles. The summed E-state index contributed by atoms with van der Waals surface area (Å²) in [5, 5.41) is 4.25. The Kier molecular flexibility index (Phi) is 7.38. The molecule has 5 nitrogen and oxygen atoms in total. The molecule has 156 valence electrons. The van der Waals surface area contributed by atoms with Gasteiger partial charge in [0.1, 0.15) is 0 Å². The van der Waals surface area contributed by atoms with E-state index in [0.717, 1.165) is 44.0 Å². The number of nitrogens with one attached hydrogen (secondary N) is 1. The number of piperidine rings is 1. The first-order valence-electron chi connectivity index (χ1n) is 10.1. The van der Waals surface area contributed by atoms with Crippen LogP contribution in [0, 0.1) is 5.92 Å². The zero-order valence-corrected chi connectivity index (χ0v) is 17.9. The normalized spacial score (nSPS) is 17.1. The van der Waals surface area contributed by atoms with E-state index in [9.17, 15) is 9.59 Å². The third-order valence-electron chi connectivity index (χ3n) is 5.70. The summed E-state index contributed by atoms with van der Waals surface area (Å²) in [6, 6.07) is 11.1. The van der Waals surface area contributed by atoms with Crippen molar-refractivity contribution in [2.24, 2.45) is 5.92 Å². The summed E-state index contributed by atoms with van der Waals surface area (Å²) < 4.78 is 1.55. The summed E-state index contributed by atoms with van der Waals surface area (Å²) in [7, 11) is 0. The average Bonchev–Trinajstić information content (AvgIpc) is 3.54. The highest BCUT2D eigenvalue weighted by molar-refractivity contribution is 6.31. The number of carbonyl (C=O) groups excluding carboxylic acids is 1. The molecule has 2 fully saturated rings. The van der Waals surface area contributed by atoms with Crippen LogP contribution in [0.1, 0.15) is 41.6 Å². The van der Waals surface area contributed by atoms with Crippen LogP contribution >= 0.6 is 24.0 Å². The molecular weight excluding hydrogens is 409 g/mol. The van der Waals surface area contributed by atoms with Gasteiger partial charge in [-0.3, -0.25) is 9.59 Å². The smallest absolute Gasteiger partial charge is 0.255 e. The summed E-state index contributed by atoms with van der Waals surface area (Å²) in [5.41, 5.74) is 1.27. The minimum Gasteiger partial charge on any atom is -0.338 e. The largest absolute Gasteiger partial charge is 0.338 e. The van der Waals surface area contributed by atoms with Crippen LogP contribution in [0.3, 0.4) is 0 Å². The Morgan fingerprint density at radius 2 is 1.79 bits per heavy atom. The SMILES string of the molecule is Cl.O=C(c1ccc(=O)n(Cc2ccccc2Cl)c1)N1CCC(NCC2CC2)CC1. The van der Waals surface area contributed by atoms with Crippen LogP contribution < -0.4 is 10.9 Å². The van der Waals surface area contributed by atoms with Crippen molar-refractivity contribution in [3.8, 4) is 0 Å². The van der Waals surface area contributed by atoms with E-state index in [2.05, 4.69) is 5.32 Å². The maximum absolute atomic E-state index is 12.9. The van der Waals surface area contributed by atoms with E-state index in [1.165, 1.54) is 18.9 Å². The number of amides is 1. The Bertz CT molecular complexity index is 903. The molecule has 1 aliphatic heterocycles. The molecule has 0 bridgehead atoms. The van der Waals surface area contributed by atoms with Crippen molar-refractivity contribution in [3.63, 3.8) is 0 Å². The minimum atomic E-state index is -0.139. The number of carbonyl (C=O) groups is 1. The maximum atomic E-state index is 12.9. The highest BCUT2D eigenvalue weighted by Crippen LogP contribution is 2.28. The number of rotatable bonds is 6. The van der Waals surface area contributed by atoms with Crippen molar-refractivity contribution >= 4 is 29.9 Å². The van der Waals surface area contributed by atoms with Gasteiger partial charge in [-0.05, 0) is 55.8 Å². The Labute approximate surface area is 182 Å². The first-order chi connectivity index (χ1) is 13.6. The molecule has 0 unspecified atom stereocenters. The molecule has 0 radical (unpaired) electrons. The Morgan fingerprint density at radius 1 is 1.07 bits per heavy atom. The van der Waals surface area contributed by atoms with Gasteiger partial charge in [-0.2, -0.15) is 0 Å². The number of likely N-dealkylation sites (tertiary alicyclic amines) is 1. The summed E-state index contributed by atoms with van der Waals surface area (Å²) >= 11 is 6.22. The fourth-order valence-corrected chi connectivity index (χ4v) is 3.91. The molecule has 2 aliphatic rings. The van der Waals surface area contributed by atoms with Crippen molar-refractivity contribution in [1.29, 1.82) is 0 Å². The molecule has 1 aliphatic carbocycles. The Balaban J connectivity index is 0.00000240. The number of aromatic nitrogens is 1. The second kappa shape index (κ2) is 9.79. The van der Waals surface area contributed by atoms with Gasteiger partial charge in [0.2, 0.25) is 0 Å². The van der Waals surface area contributed by atoms with Crippen LogP contribution in [0.4, 0.5) is 0 Å². The van der Waals surface area contributed by atoms with Crippen LogP contribution in [-0.4, -0.2) is 41.1 Å². The van der Waals surface area contributed by atoms with Crippen molar-refractivity contribution in [2.45, 2.75) is 38.3 Å². The van der Waals surface area contributed by atoms with Gasteiger partial charge in [0.15, 0.2) is 0 Å². The molecule has 1 aromatic carbocycles. The molecule has 2 heterocycles. The zero-order valence-electron chi connectivity index (χ0n) is 16.4. The third kappa shape index (κ3) is 5.62. The van der Waals surface area contributed by atoms with Crippen molar-refractivity contribution in [3.05, 3.63) is 69.1 Å². The van der Waals surface area contributed by atoms with Crippen LogP contribution in [0.5, 0.6) is 0 Å². The molecule has 1 saturated heterocycles. The van der Waals surface area contributed by atoms with Crippen molar-refractivity contribution < 1.29 is 4.79 Å². The van der Waals surface area contributed by atoms with E-state index < -0.39 is 0 Å². The number of halogens is 2.